The Hall–Kier alpha value is -3.92. The number of rotatable bonds is 11. The molecule has 3 aromatic carbocycles. The summed E-state index contributed by atoms with van der Waals surface area (Å²) in [5, 5.41) is 0. The highest BCUT2D eigenvalue weighted by molar-refractivity contribution is 5.79. The third kappa shape index (κ3) is 6.89. The number of nitrogens with zero attached hydrogens (tertiary/aromatic N) is 1. The highest BCUT2D eigenvalue weighted by Crippen LogP contribution is 2.27. The van der Waals surface area contributed by atoms with Crippen molar-refractivity contribution in [3.63, 3.8) is 0 Å². The Labute approximate surface area is 226 Å². The van der Waals surface area contributed by atoms with E-state index in [-0.39, 0.29) is 11.9 Å². The van der Waals surface area contributed by atoms with Gasteiger partial charge in [0.25, 0.3) is 0 Å². The minimum absolute atomic E-state index is 0.181. The molecule has 0 saturated heterocycles. The van der Waals surface area contributed by atoms with Crippen LogP contribution >= 0.6 is 0 Å². The molecule has 4 heteroatoms. The lowest BCUT2D eigenvalue weighted by atomic mass is 9.90. The topological polar surface area (TPSA) is 52.3 Å². The van der Waals surface area contributed by atoms with E-state index in [1.165, 1.54) is 5.56 Å². The van der Waals surface area contributed by atoms with Gasteiger partial charge in [-0.2, -0.15) is 0 Å². The summed E-state index contributed by atoms with van der Waals surface area (Å²) in [6, 6.07) is 27.1. The van der Waals surface area contributed by atoms with E-state index >= 15 is 0 Å². The molecule has 0 radical (unpaired) electrons. The first-order valence-corrected chi connectivity index (χ1v) is 13.5. The van der Waals surface area contributed by atoms with Crippen LogP contribution in [0, 0.1) is 6.92 Å². The van der Waals surface area contributed by atoms with Gasteiger partial charge < -0.3 is 9.15 Å². The zero-order valence-electron chi connectivity index (χ0n) is 22.9. The SMILES string of the molecule is C/C=C(\C)c1nc(CCCc2ccc(CC(C(=O)OCC)c3ccc(-c4ccccc4)cc3)cc2)c(C)o1. The molecule has 0 aliphatic rings. The van der Waals surface area contributed by atoms with Gasteiger partial charge in [-0.05, 0) is 81.2 Å². The molecule has 0 aliphatic carbocycles. The Bertz CT molecular complexity index is 1350. The van der Waals surface area contributed by atoms with Gasteiger partial charge >= 0.3 is 5.97 Å². The summed E-state index contributed by atoms with van der Waals surface area (Å²) < 4.78 is 11.2. The van der Waals surface area contributed by atoms with Gasteiger partial charge in [0.2, 0.25) is 5.89 Å². The summed E-state index contributed by atoms with van der Waals surface area (Å²) in [5.41, 5.74) is 7.77. The molecular weight excluding hydrogens is 470 g/mol. The van der Waals surface area contributed by atoms with Crippen molar-refractivity contribution < 1.29 is 13.9 Å². The van der Waals surface area contributed by atoms with E-state index < -0.39 is 0 Å². The Balaban J connectivity index is 1.39. The molecule has 0 N–H and O–H groups in total. The van der Waals surface area contributed by atoms with Crippen molar-refractivity contribution in [1.82, 2.24) is 4.98 Å². The maximum atomic E-state index is 12.9. The van der Waals surface area contributed by atoms with Crippen molar-refractivity contribution in [2.75, 3.05) is 6.61 Å². The van der Waals surface area contributed by atoms with Gasteiger partial charge in [0.05, 0.1) is 18.2 Å². The number of esters is 1. The highest BCUT2D eigenvalue weighted by Gasteiger charge is 2.22. The number of hydrogen-bond donors (Lipinski definition) is 0. The molecule has 0 bridgehead atoms. The predicted octanol–water partition coefficient (Wildman–Crippen LogP) is 8.14. The molecule has 1 heterocycles. The Morgan fingerprint density at radius 2 is 1.58 bits per heavy atom. The van der Waals surface area contributed by atoms with Gasteiger partial charge in [0, 0.05) is 5.57 Å². The molecule has 0 spiro atoms. The van der Waals surface area contributed by atoms with Crippen molar-refractivity contribution in [1.29, 1.82) is 0 Å². The van der Waals surface area contributed by atoms with Crippen LogP contribution in [-0.2, 0) is 28.8 Å². The van der Waals surface area contributed by atoms with Crippen molar-refractivity contribution in [3.05, 3.63) is 119 Å². The zero-order valence-corrected chi connectivity index (χ0v) is 22.9. The molecule has 4 aromatic rings. The van der Waals surface area contributed by atoms with Crippen LogP contribution < -0.4 is 0 Å². The zero-order chi connectivity index (χ0) is 26.9. The van der Waals surface area contributed by atoms with Crippen molar-refractivity contribution in [2.45, 2.75) is 59.3 Å². The van der Waals surface area contributed by atoms with Crippen LogP contribution in [0.15, 0.2) is 89.4 Å². The number of hydrogen-bond acceptors (Lipinski definition) is 4. The van der Waals surface area contributed by atoms with Gasteiger partial charge in [-0.25, -0.2) is 4.98 Å². The summed E-state index contributed by atoms with van der Waals surface area (Å²) in [6.07, 6.45) is 5.48. The van der Waals surface area contributed by atoms with Crippen LogP contribution in [0.3, 0.4) is 0 Å². The first-order valence-electron chi connectivity index (χ1n) is 13.5. The van der Waals surface area contributed by atoms with Crippen LogP contribution in [0.4, 0.5) is 0 Å². The Kier molecular flexibility index (Phi) is 9.31. The van der Waals surface area contributed by atoms with Crippen LogP contribution in [0.25, 0.3) is 16.7 Å². The average Bonchev–Trinajstić information content (AvgIpc) is 3.33. The quantitative estimate of drug-likeness (QED) is 0.192. The van der Waals surface area contributed by atoms with E-state index in [1.807, 2.05) is 64.1 Å². The number of benzene rings is 3. The van der Waals surface area contributed by atoms with Gasteiger partial charge in [-0.3, -0.25) is 4.79 Å². The predicted molar refractivity (Wildman–Crippen MR) is 154 cm³/mol. The number of carbonyl (C=O) groups is 1. The van der Waals surface area contributed by atoms with Gasteiger partial charge in [0.1, 0.15) is 5.76 Å². The van der Waals surface area contributed by atoms with Gasteiger partial charge in [-0.1, -0.05) is 84.9 Å². The van der Waals surface area contributed by atoms with Crippen molar-refractivity contribution >= 4 is 11.5 Å². The first-order chi connectivity index (χ1) is 18.5. The van der Waals surface area contributed by atoms with E-state index in [0.29, 0.717) is 13.0 Å². The molecule has 38 heavy (non-hydrogen) atoms. The minimum Gasteiger partial charge on any atom is -0.466 e. The van der Waals surface area contributed by atoms with Crippen LogP contribution in [0.2, 0.25) is 0 Å². The smallest absolute Gasteiger partial charge is 0.313 e. The van der Waals surface area contributed by atoms with Gasteiger partial charge in [-0.15, -0.1) is 0 Å². The number of aryl methyl sites for hydroxylation is 3. The summed E-state index contributed by atoms with van der Waals surface area (Å²) in [4.78, 5) is 17.6. The van der Waals surface area contributed by atoms with E-state index in [1.54, 1.807) is 0 Å². The molecule has 0 saturated carbocycles. The lowest BCUT2D eigenvalue weighted by Crippen LogP contribution is -2.18. The van der Waals surface area contributed by atoms with E-state index in [9.17, 15) is 4.79 Å². The van der Waals surface area contributed by atoms with Crippen LogP contribution in [0.1, 0.15) is 67.1 Å². The molecule has 196 valence electrons. The molecule has 4 rings (SSSR count). The number of aromatic nitrogens is 1. The second-order valence-electron chi connectivity index (χ2n) is 9.66. The number of oxazole rings is 1. The standard InChI is InChI=1S/C34H37NO3/c1-5-24(3)33-35-32(25(4)38-33)14-10-11-26-15-17-27(18-16-26)23-31(34(36)37-6-2)30-21-19-29(20-22-30)28-12-8-7-9-13-28/h5,7-9,12-13,15-22,31H,6,10-11,14,23H2,1-4H3/b24-5+. The Morgan fingerprint density at radius 1 is 0.921 bits per heavy atom. The molecule has 1 aromatic heterocycles. The largest absolute Gasteiger partial charge is 0.466 e. The average molecular weight is 508 g/mol. The van der Waals surface area contributed by atoms with Crippen molar-refractivity contribution in [3.8, 4) is 11.1 Å². The fraction of sp³-hybridized carbons (Fsp3) is 0.294. The monoisotopic (exact) mass is 507 g/mol. The van der Waals surface area contributed by atoms with E-state index in [2.05, 4.69) is 53.5 Å². The van der Waals surface area contributed by atoms with Gasteiger partial charge in [0.15, 0.2) is 0 Å². The normalized spacial score (nSPS) is 12.4. The summed E-state index contributed by atoms with van der Waals surface area (Å²) in [6.45, 7) is 8.22. The second kappa shape index (κ2) is 13.0. The number of allylic oxidation sites excluding steroid dienone is 2. The lowest BCUT2D eigenvalue weighted by molar-refractivity contribution is -0.144. The van der Waals surface area contributed by atoms with Crippen LogP contribution in [-0.4, -0.2) is 17.6 Å². The van der Waals surface area contributed by atoms with E-state index in [0.717, 1.165) is 64.4 Å². The lowest BCUT2D eigenvalue weighted by Gasteiger charge is -2.17. The molecular formula is C34H37NO3. The Morgan fingerprint density at radius 3 is 2.24 bits per heavy atom. The molecule has 0 amide bonds. The maximum absolute atomic E-state index is 12.9. The summed E-state index contributed by atoms with van der Waals surface area (Å²) >= 11 is 0. The highest BCUT2D eigenvalue weighted by atomic mass is 16.5. The summed E-state index contributed by atoms with van der Waals surface area (Å²) in [5.74, 6) is 1.10. The van der Waals surface area contributed by atoms with Crippen molar-refractivity contribution in [2.24, 2.45) is 0 Å². The molecule has 1 unspecified atom stereocenters. The summed E-state index contributed by atoms with van der Waals surface area (Å²) in [7, 11) is 0. The fourth-order valence-electron chi connectivity index (χ4n) is 4.61. The molecule has 0 fully saturated rings. The fourth-order valence-corrected chi connectivity index (χ4v) is 4.61. The first kappa shape index (κ1) is 27.1. The number of ether oxygens (including phenoxy) is 1. The van der Waals surface area contributed by atoms with Crippen LogP contribution in [0.5, 0.6) is 0 Å². The third-order valence-electron chi connectivity index (χ3n) is 7.00. The number of carbonyl (C=O) groups excluding carboxylic acids is 1. The third-order valence-corrected chi connectivity index (χ3v) is 7.00. The van der Waals surface area contributed by atoms with E-state index in [4.69, 9.17) is 9.15 Å². The molecule has 0 aliphatic heterocycles. The maximum Gasteiger partial charge on any atom is 0.313 e. The molecule has 4 nitrogen and oxygen atoms in total. The minimum atomic E-state index is -0.337. The molecule has 1 atom stereocenters. The second-order valence-corrected chi connectivity index (χ2v) is 9.66.